The number of hydrogen-bond acceptors (Lipinski definition) is 15. The van der Waals surface area contributed by atoms with Crippen molar-refractivity contribution < 1.29 is 53.3 Å². The zero-order valence-electron chi connectivity index (χ0n) is 32.0. The second-order valence-electron chi connectivity index (χ2n) is 14.8. The molecule has 15 heteroatoms. The van der Waals surface area contributed by atoms with Gasteiger partial charge in [0.05, 0.1) is 44.8 Å². The number of ether oxygens (including phenoxy) is 6. The molecule has 4 unspecified atom stereocenters. The molecule has 3 aromatic carbocycles. The number of nitrogens with one attached hydrogen (secondary N) is 1. The van der Waals surface area contributed by atoms with Crippen LogP contribution < -0.4 is 34.7 Å². The maximum absolute atomic E-state index is 13.0. The second-order valence-corrected chi connectivity index (χ2v) is 16.0. The minimum atomic E-state index is -1.12. The van der Waals surface area contributed by atoms with Gasteiger partial charge in [-0.15, -0.1) is 11.8 Å². The predicted octanol–water partition coefficient (Wildman–Crippen LogP) is 4.25. The van der Waals surface area contributed by atoms with Crippen LogP contribution >= 0.6 is 11.8 Å². The average Bonchev–Trinajstić information content (AvgIpc) is 3.66. The van der Waals surface area contributed by atoms with E-state index in [9.17, 15) is 24.9 Å². The molecule has 0 saturated carbocycles. The number of phenolic OH excluding ortho intramolecular Hbond substituents is 2. The summed E-state index contributed by atoms with van der Waals surface area (Å²) in [4.78, 5) is 26.3. The van der Waals surface area contributed by atoms with Gasteiger partial charge in [0.15, 0.2) is 34.5 Å². The quantitative estimate of drug-likeness (QED) is 0.0801. The molecule has 0 fully saturated rings. The first-order valence-electron chi connectivity index (χ1n) is 18.8. The number of nitrogens with zero attached hydrogens (tertiary/aromatic N) is 1. The molecule has 0 radical (unpaired) electrons. The molecule has 4 heterocycles. The maximum atomic E-state index is 13.0. The fourth-order valence-electron chi connectivity index (χ4n) is 9.40. The number of methoxy groups -OCH3 is 2. The van der Waals surface area contributed by atoms with Crippen molar-refractivity contribution in [3.63, 3.8) is 0 Å². The van der Waals surface area contributed by atoms with E-state index < -0.39 is 35.4 Å². The summed E-state index contributed by atoms with van der Waals surface area (Å²) < 4.78 is 35.8. The number of aliphatic hydroxyl groups excluding tert-OH is 1. The Morgan fingerprint density at radius 2 is 1.88 bits per heavy atom. The Labute approximate surface area is 328 Å². The number of aldehydes is 1. The molecule has 6 atom stereocenters. The number of aromatic hydroxyl groups is 2. The van der Waals surface area contributed by atoms with Crippen LogP contribution in [-0.2, 0) is 27.2 Å². The van der Waals surface area contributed by atoms with Gasteiger partial charge in [-0.1, -0.05) is 6.07 Å². The van der Waals surface area contributed by atoms with Gasteiger partial charge >= 0.3 is 5.97 Å². The average molecular weight is 790 g/mol. The van der Waals surface area contributed by atoms with E-state index in [4.69, 9.17) is 34.2 Å². The number of aryl methyl sites for hydroxylation is 1. The number of phenols is 2. The molecule has 0 spiro atoms. The van der Waals surface area contributed by atoms with Gasteiger partial charge in [0.1, 0.15) is 18.3 Å². The predicted molar refractivity (Wildman–Crippen MR) is 206 cm³/mol. The van der Waals surface area contributed by atoms with Gasteiger partial charge in [-0.3, -0.25) is 9.69 Å². The minimum Gasteiger partial charge on any atom is -0.504 e. The van der Waals surface area contributed by atoms with Gasteiger partial charge in [-0.2, -0.15) is 0 Å². The molecular weight excluding hydrogens is 743 g/mol. The standard InChI is InChI=1S/C41H47N3O11S/c1-18-11-22-12-24-33(42)31(29(22)35(48)36(18)51-5)34-40(56-16-25-23-14-28(50-4)27(47)13-21(23)7-8-43-25)32-30(26(44(34)41(24)49)15-52-10-6-9-45)39-38(53-17-54-39)19(2)37(32)55-20(3)46/h9,11,13-14,24-26,34,40-41,43,47-49H,6-8,10,12,15-17,42H2,1-5H3/t24?,25-,26?,34?,40-,41?/m0/s1. The number of fused-ring (bicyclic) bond motifs is 9. The van der Waals surface area contributed by atoms with Gasteiger partial charge < -0.3 is 59.6 Å². The van der Waals surface area contributed by atoms with Crippen molar-refractivity contribution in [2.75, 3.05) is 46.5 Å². The van der Waals surface area contributed by atoms with Crippen molar-refractivity contribution in [1.82, 2.24) is 10.2 Å². The lowest BCUT2D eigenvalue weighted by Crippen LogP contribution is -2.60. The van der Waals surface area contributed by atoms with Gasteiger partial charge in [0, 0.05) is 64.6 Å². The van der Waals surface area contributed by atoms with E-state index in [1.54, 1.807) is 17.8 Å². The number of nitrogens with two attached hydrogens (primary N) is 1. The third kappa shape index (κ3) is 6.02. The highest BCUT2D eigenvalue weighted by Gasteiger charge is 2.57. The van der Waals surface area contributed by atoms with Gasteiger partial charge in [0.2, 0.25) is 6.79 Å². The Kier molecular flexibility index (Phi) is 10.2. The normalized spacial score (nSPS) is 24.5. The molecule has 6 N–H and O–H groups in total. The fourth-order valence-corrected chi connectivity index (χ4v) is 11.0. The molecular formula is C41H47N3O11S. The smallest absolute Gasteiger partial charge is 0.308 e. The van der Waals surface area contributed by atoms with Crippen molar-refractivity contribution >= 4 is 29.6 Å². The summed E-state index contributed by atoms with van der Waals surface area (Å²) in [5, 5.41) is 38.3. The van der Waals surface area contributed by atoms with Gasteiger partial charge in [-0.25, -0.2) is 0 Å². The topological polar surface area (TPSA) is 192 Å². The summed E-state index contributed by atoms with van der Waals surface area (Å²) in [7, 11) is 3.03. The number of esters is 1. The highest BCUT2D eigenvalue weighted by atomic mass is 32.2. The first-order valence-corrected chi connectivity index (χ1v) is 19.8. The van der Waals surface area contributed by atoms with Crippen LogP contribution in [-0.4, -0.2) is 91.3 Å². The van der Waals surface area contributed by atoms with E-state index in [2.05, 4.69) is 5.32 Å². The summed E-state index contributed by atoms with van der Waals surface area (Å²) in [6.45, 7) is 5.84. The van der Waals surface area contributed by atoms with E-state index in [1.807, 2.05) is 30.9 Å². The lowest BCUT2D eigenvalue weighted by Gasteiger charge is -2.56. The number of carbonyl (C=O) groups is 2. The number of benzene rings is 3. The van der Waals surface area contributed by atoms with Gasteiger partial charge in [-0.05, 0) is 67.6 Å². The first-order chi connectivity index (χ1) is 27.0. The number of carbonyl (C=O) groups excluding carboxylic acids is 2. The van der Waals surface area contributed by atoms with E-state index in [-0.39, 0.29) is 44.0 Å². The first kappa shape index (κ1) is 38.2. The Hall–Kier alpha value is -4.67. The van der Waals surface area contributed by atoms with Gasteiger partial charge in [0.25, 0.3) is 0 Å². The molecule has 14 nitrogen and oxygen atoms in total. The Balaban J connectivity index is 1.37. The van der Waals surface area contributed by atoms with Crippen molar-refractivity contribution in [2.45, 2.75) is 69.6 Å². The third-order valence-corrected chi connectivity index (χ3v) is 13.1. The molecule has 4 aliphatic heterocycles. The molecule has 1 aliphatic carbocycles. The minimum absolute atomic E-state index is 0.0413. The summed E-state index contributed by atoms with van der Waals surface area (Å²) in [5.41, 5.74) is 14.2. The van der Waals surface area contributed by atoms with Crippen molar-refractivity contribution in [1.29, 1.82) is 0 Å². The van der Waals surface area contributed by atoms with Crippen LogP contribution in [0.15, 0.2) is 23.9 Å². The van der Waals surface area contributed by atoms with E-state index in [1.165, 1.54) is 21.1 Å². The van der Waals surface area contributed by atoms with E-state index >= 15 is 0 Å². The van der Waals surface area contributed by atoms with Crippen molar-refractivity contribution in [3.05, 3.63) is 68.4 Å². The lowest BCUT2D eigenvalue weighted by molar-refractivity contribution is -0.132. The Morgan fingerprint density at radius 1 is 1.09 bits per heavy atom. The largest absolute Gasteiger partial charge is 0.504 e. The van der Waals surface area contributed by atoms with E-state index in [0.29, 0.717) is 81.0 Å². The summed E-state index contributed by atoms with van der Waals surface area (Å²) in [6.07, 6.45) is 0.924. The molecule has 0 aromatic heterocycles. The van der Waals surface area contributed by atoms with Crippen molar-refractivity contribution in [2.24, 2.45) is 11.7 Å². The van der Waals surface area contributed by atoms with Crippen LogP contribution in [0.5, 0.6) is 40.2 Å². The van der Waals surface area contributed by atoms with Crippen LogP contribution in [0, 0.1) is 19.8 Å². The molecule has 3 aromatic rings. The number of aliphatic hydroxyl groups is 1. The van der Waals surface area contributed by atoms with Crippen LogP contribution in [0.3, 0.4) is 0 Å². The Morgan fingerprint density at radius 3 is 2.61 bits per heavy atom. The number of hydrogen-bond donors (Lipinski definition) is 5. The monoisotopic (exact) mass is 789 g/mol. The van der Waals surface area contributed by atoms with Crippen LogP contribution in [0.1, 0.15) is 75.2 Å². The molecule has 56 heavy (non-hydrogen) atoms. The highest BCUT2D eigenvalue weighted by Crippen LogP contribution is 2.64. The maximum Gasteiger partial charge on any atom is 0.308 e. The lowest BCUT2D eigenvalue weighted by atomic mass is 9.69. The number of rotatable bonds is 11. The number of thioether (sulfide) groups is 1. The summed E-state index contributed by atoms with van der Waals surface area (Å²) >= 11 is 1.59. The molecule has 298 valence electrons. The highest BCUT2D eigenvalue weighted by molar-refractivity contribution is 7.99. The molecule has 0 amide bonds. The zero-order chi connectivity index (χ0) is 39.6. The van der Waals surface area contributed by atoms with E-state index in [0.717, 1.165) is 35.0 Å². The Bertz CT molecular complexity index is 2140. The molecule has 5 aliphatic rings. The van der Waals surface area contributed by atoms with Crippen molar-refractivity contribution in [3.8, 4) is 40.2 Å². The third-order valence-electron chi connectivity index (χ3n) is 11.7. The molecule has 0 saturated heterocycles. The van der Waals surface area contributed by atoms with Crippen LogP contribution in [0.25, 0.3) is 5.57 Å². The SMILES string of the molecule is COc1cc2c(cc1O)CCN[C@H]2CS[C@H]1c2c(OC(C)=O)c(C)c3c(c2C(COCCC=O)N2C(O)C4Cc5cc(C)c(OC)c(O)c5C(=C4N)C12)OCO3. The fraction of sp³-hybridized carbons (Fsp3) is 0.463. The molecule has 8 rings (SSSR count). The van der Waals surface area contributed by atoms with Crippen LogP contribution in [0.2, 0.25) is 0 Å². The molecule has 2 bridgehead atoms. The second kappa shape index (κ2) is 15.0. The van der Waals surface area contributed by atoms with Crippen LogP contribution in [0.4, 0.5) is 0 Å². The summed E-state index contributed by atoms with van der Waals surface area (Å²) in [6, 6.07) is 4.01. The zero-order valence-corrected chi connectivity index (χ0v) is 32.8. The summed E-state index contributed by atoms with van der Waals surface area (Å²) in [5.74, 6) is 1.36.